The number of aliphatic hydroxyl groups is 1. The lowest BCUT2D eigenvalue weighted by molar-refractivity contribution is 0.0935. The van der Waals surface area contributed by atoms with Crippen LogP contribution in [0.2, 0.25) is 0 Å². The van der Waals surface area contributed by atoms with Crippen LogP contribution in [0.1, 0.15) is 54.3 Å². The van der Waals surface area contributed by atoms with E-state index in [1.807, 2.05) is 92.7 Å². The number of aliphatic hydroxyl groups excluding tert-OH is 1. The third-order valence-electron chi connectivity index (χ3n) is 6.62. The number of amides is 1. The number of carbonyl (C=O) groups excluding carboxylic acids is 1. The molecule has 4 aromatic rings. The molecule has 6 nitrogen and oxygen atoms in total. The van der Waals surface area contributed by atoms with Crippen LogP contribution in [-0.2, 0) is 6.54 Å². The zero-order chi connectivity index (χ0) is 25.5. The number of benzene rings is 3. The molecule has 0 aliphatic rings. The Labute approximate surface area is 211 Å². The van der Waals surface area contributed by atoms with Crippen molar-refractivity contribution in [2.24, 2.45) is 0 Å². The summed E-state index contributed by atoms with van der Waals surface area (Å²) in [5.41, 5.74) is 2.56. The first kappa shape index (κ1) is 25.4. The summed E-state index contributed by atoms with van der Waals surface area (Å²) in [6.45, 7) is 4.24. The molecule has 1 amide bonds. The van der Waals surface area contributed by atoms with Gasteiger partial charge in [0.15, 0.2) is 0 Å². The predicted molar refractivity (Wildman–Crippen MR) is 144 cm³/mol. The molecule has 0 radical (unpaired) electrons. The molecule has 0 bridgehead atoms. The van der Waals surface area contributed by atoms with E-state index >= 15 is 0 Å². The SMILES string of the molecule is CCC(CO)NCc1c(C(=O)N[C@@H](CC)c2ccccc2)c2ccccc2c(=O)n1-c1ccccc1. The van der Waals surface area contributed by atoms with E-state index in [4.69, 9.17) is 0 Å². The van der Waals surface area contributed by atoms with Crippen molar-refractivity contribution < 1.29 is 9.90 Å². The quantitative estimate of drug-likeness (QED) is 0.304. The molecule has 36 heavy (non-hydrogen) atoms. The minimum atomic E-state index is -0.236. The maximum absolute atomic E-state index is 14.0. The Bertz CT molecular complexity index is 1360. The van der Waals surface area contributed by atoms with Gasteiger partial charge < -0.3 is 15.7 Å². The highest BCUT2D eigenvalue weighted by atomic mass is 16.3. The summed E-state index contributed by atoms with van der Waals surface area (Å²) in [5.74, 6) is -0.236. The summed E-state index contributed by atoms with van der Waals surface area (Å²) in [5, 5.41) is 17.4. The summed E-state index contributed by atoms with van der Waals surface area (Å²) >= 11 is 0. The Hall–Kier alpha value is -3.74. The van der Waals surface area contributed by atoms with Crippen LogP contribution < -0.4 is 16.2 Å². The lowest BCUT2D eigenvalue weighted by Gasteiger charge is -2.24. The van der Waals surface area contributed by atoms with Gasteiger partial charge in [-0.1, -0.05) is 80.6 Å². The van der Waals surface area contributed by atoms with Crippen LogP contribution in [0.15, 0.2) is 89.7 Å². The minimum absolute atomic E-state index is 0.0346. The number of nitrogens with one attached hydrogen (secondary N) is 2. The molecule has 0 aliphatic carbocycles. The predicted octanol–water partition coefficient (Wildman–Crippen LogP) is 4.73. The fourth-order valence-corrected chi connectivity index (χ4v) is 4.58. The van der Waals surface area contributed by atoms with Gasteiger partial charge in [-0.25, -0.2) is 0 Å². The lowest BCUT2D eigenvalue weighted by atomic mass is 9.99. The summed E-state index contributed by atoms with van der Waals surface area (Å²) in [4.78, 5) is 27.8. The van der Waals surface area contributed by atoms with Crippen LogP contribution in [-0.4, -0.2) is 28.2 Å². The smallest absolute Gasteiger partial charge is 0.263 e. The van der Waals surface area contributed by atoms with E-state index in [1.54, 1.807) is 10.6 Å². The van der Waals surface area contributed by atoms with Crippen LogP contribution in [0, 0.1) is 0 Å². The second-order valence-corrected chi connectivity index (χ2v) is 8.86. The second kappa shape index (κ2) is 11.8. The number of aromatic nitrogens is 1. The summed E-state index contributed by atoms with van der Waals surface area (Å²) in [6, 6.07) is 26.2. The monoisotopic (exact) mass is 483 g/mol. The summed E-state index contributed by atoms with van der Waals surface area (Å²) in [6.07, 6.45) is 1.44. The first-order valence-electron chi connectivity index (χ1n) is 12.5. The van der Waals surface area contributed by atoms with E-state index in [0.717, 1.165) is 12.0 Å². The van der Waals surface area contributed by atoms with Crippen molar-refractivity contribution in [3.63, 3.8) is 0 Å². The third kappa shape index (κ3) is 5.25. The summed E-state index contributed by atoms with van der Waals surface area (Å²) < 4.78 is 1.62. The molecular formula is C30H33N3O3. The van der Waals surface area contributed by atoms with E-state index in [9.17, 15) is 14.7 Å². The number of hydrogen-bond donors (Lipinski definition) is 3. The number of fused-ring (bicyclic) bond motifs is 1. The molecule has 186 valence electrons. The topological polar surface area (TPSA) is 83.4 Å². The molecule has 0 spiro atoms. The first-order valence-corrected chi connectivity index (χ1v) is 12.5. The molecule has 1 heterocycles. The highest BCUT2D eigenvalue weighted by Gasteiger charge is 2.25. The minimum Gasteiger partial charge on any atom is -0.395 e. The average Bonchev–Trinajstić information content (AvgIpc) is 2.93. The van der Waals surface area contributed by atoms with Gasteiger partial charge in [0.1, 0.15) is 0 Å². The van der Waals surface area contributed by atoms with Crippen molar-refractivity contribution in [1.82, 2.24) is 15.2 Å². The van der Waals surface area contributed by atoms with Crippen LogP contribution in [0.4, 0.5) is 0 Å². The van der Waals surface area contributed by atoms with E-state index in [2.05, 4.69) is 10.6 Å². The number of pyridine rings is 1. The van der Waals surface area contributed by atoms with Gasteiger partial charge in [0, 0.05) is 29.0 Å². The fraction of sp³-hybridized carbons (Fsp3) is 0.267. The number of carbonyl (C=O) groups is 1. The zero-order valence-corrected chi connectivity index (χ0v) is 20.8. The van der Waals surface area contributed by atoms with Gasteiger partial charge >= 0.3 is 0 Å². The molecule has 3 aromatic carbocycles. The maximum Gasteiger partial charge on any atom is 0.263 e. The Morgan fingerprint density at radius 2 is 1.47 bits per heavy atom. The second-order valence-electron chi connectivity index (χ2n) is 8.86. The molecule has 3 N–H and O–H groups in total. The number of para-hydroxylation sites is 1. The van der Waals surface area contributed by atoms with Gasteiger partial charge in [-0.05, 0) is 36.6 Å². The van der Waals surface area contributed by atoms with Crippen LogP contribution in [0.3, 0.4) is 0 Å². The first-order chi connectivity index (χ1) is 17.6. The molecule has 0 saturated carbocycles. The van der Waals surface area contributed by atoms with E-state index < -0.39 is 0 Å². The Kier molecular flexibility index (Phi) is 8.31. The maximum atomic E-state index is 14.0. The molecule has 0 aliphatic heterocycles. The van der Waals surface area contributed by atoms with Crippen molar-refractivity contribution in [3.05, 3.63) is 112 Å². The normalized spacial score (nSPS) is 12.9. The van der Waals surface area contributed by atoms with Crippen LogP contribution >= 0.6 is 0 Å². The molecule has 6 heteroatoms. The standard InChI is InChI=1S/C30H33N3O3/c1-3-22(20-34)31-19-27-28(29(35)32-26(4-2)21-13-7-5-8-14-21)24-17-11-12-18-25(24)30(36)33(27)23-15-9-6-10-16-23/h5-18,22,26,31,34H,3-4,19-20H2,1-2H3,(H,32,35)/t22?,26-/m0/s1. The van der Waals surface area contributed by atoms with Crippen molar-refractivity contribution in [2.75, 3.05) is 6.61 Å². The highest BCUT2D eigenvalue weighted by Crippen LogP contribution is 2.25. The largest absolute Gasteiger partial charge is 0.395 e. The highest BCUT2D eigenvalue weighted by molar-refractivity contribution is 6.08. The number of hydrogen-bond acceptors (Lipinski definition) is 4. The van der Waals surface area contributed by atoms with E-state index in [0.29, 0.717) is 34.1 Å². The third-order valence-corrected chi connectivity index (χ3v) is 6.62. The van der Waals surface area contributed by atoms with Crippen LogP contribution in [0.5, 0.6) is 0 Å². The molecule has 0 saturated heterocycles. The van der Waals surface area contributed by atoms with Crippen molar-refractivity contribution in [3.8, 4) is 5.69 Å². The molecule has 4 rings (SSSR count). The van der Waals surface area contributed by atoms with Crippen LogP contribution in [0.25, 0.3) is 16.5 Å². The molecular weight excluding hydrogens is 450 g/mol. The van der Waals surface area contributed by atoms with E-state index in [1.165, 1.54) is 0 Å². The Morgan fingerprint density at radius 1 is 0.861 bits per heavy atom. The van der Waals surface area contributed by atoms with Gasteiger partial charge in [-0.3, -0.25) is 14.2 Å². The molecule has 0 fully saturated rings. The van der Waals surface area contributed by atoms with Gasteiger partial charge in [-0.2, -0.15) is 0 Å². The molecule has 1 aromatic heterocycles. The van der Waals surface area contributed by atoms with Gasteiger partial charge in [0.2, 0.25) is 0 Å². The van der Waals surface area contributed by atoms with E-state index in [-0.39, 0.29) is 36.7 Å². The average molecular weight is 484 g/mol. The number of nitrogens with zero attached hydrogens (tertiary/aromatic N) is 1. The zero-order valence-electron chi connectivity index (χ0n) is 20.8. The summed E-state index contributed by atoms with van der Waals surface area (Å²) in [7, 11) is 0. The van der Waals surface area contributed by atoms with Crippen molar-refractivity contribution in [1.29, 1.82) is 0 Å². The molecule has 2 atom stereocenters. The van der Waals surface area contributed by atoms with Crippen molar-refractivity contribution in [2.45, 2.75) is 45.3 Å². The van der Waals surface area contributed by atoms with Gasteiger partial charge in [0.25, 0.3) is 11.5 Å². The Morgan fingerprint density at radius 3 is 2.08 bits per heavy atom. The van der Waals surface area contributed by atoms with Crippen molar-refractivity contribution >= 4 is 16.7 Å². The lowest BCUT2D eigenvalue weighted by Crippen LogP contribution is -2.37. The number of rotatable bonds is 10. The fourth-order valence-electron chi connectivity index (χ4n) is 4.58. The van der Waals surface area contributed by atoms with Gasteiger partial charge in [0.05, 0.1) is 23.9 Å². The van der Waals surface area contributed by atoms with Gasteiger partial charge in [-0.15, -0.1) is 0 Å². The Balaban J connectivity index is 1.92. The molecule has 1 unspecified atom stereocenters.